The summed E-state index contributed by atoms with van der Waals surface area (Å²) in [4.78, 5) is 22.4. The number of amides is 1. The van der Waals surface area contributed by atoms with E-state index in [9.17, 15) is 14.7 Å². The van der Waals surface area contributed by atoms with E-state index in [2.05, 4.69) is 5.32 Å². The fourth-order valence-electron chi connectivity index (χ4n) is 1.77. The third-order valence-electron chi connectivity index (χ3n) is 2.73. The molecule has 1 rings (SSSR count). The number of nitrogens with two attached hydrogens (primary N) is 1. The Labute approximate surface area is 89.2 Å². The van der Waals surface area contributed by atoms with Crippen molar-refractivity contribution in [2.45, 2.75) is 38.8 Å². The van der Waals surface area contributed by atoms with Gasteiger partial charge in [0.15, 0.2) is 6.04 Å². The molecule has 1 fully saturated rings. The van der Waals surface area contributed by atoms with Crippen LogP contribution in [0.25, 0.3) is 0 Å². The summed E-state index contributed by atoms with van der Waals surface area (Å²) < 4.78 is 0. The molecular weight excluding hydrogens is 196 g/mol. The summed E-state index contributed by atoms with van der Waals surface area (Å²) in [6.45, 7) is 4.44. The number of rotatable bonds is 4. The molecule has 1 heterocycles. The number of nitrogens with one attached hydrogen (secondary N) is 1. The maximum absolute atomic E-state index is 11.6. The number of hydrogen-bond acceptors (Lipinski definition) is 3. The molecule has 1 aliphatic heterocycles. The van der Waals surface area contributed by atoms with E-state index >= 15 is 0 Å². The van der Waals surface area contributed by atoms with Crippen molar-refractivity contribution < 1.29 is 20.0 Å². The van der Waals surface area contributed by atoms with Crippen molar-refractivity contribution in [1.29, 1.82) is 0 Å². The lowest BCUT2D eigenvalue weighted by atomic mass is 10.0. The largest absolute Gasteiger partial charge is 0.548 e. The quantitative estimate of drug-likeness (QED) is 0.547. The van der Waals surface area contributed by atoms with Gasteiger partial charge in [-0.3, -0.25) is 4.79 Å². The molecule has 0 bridgehead atoms. The van der Waals surface area contributed by atoms with Gasteiger partial charge in [-0.05, 0) is 5.92 Å². The molecule has 1 aliphatic rings. The minimum atomic E-state index is -1.21. The van der Waals surface area contributed by atoms with E-state index in [0.717, 1.165) is 19.4 Å². The summed E-state index contributed by atoms with van der Waals surface area (Å²) in [5.41, 5.74) is 0. The van der Waals surface area contributed by atoms with E-state index in [1.165, 1.54) is 0 Å². The zero-order valence-electron chi connectivity index (χ0n) is 9.16. The Balaban J connectivity index is 2.50. The van der Waals surface area contributed by atoms with Crippen molar-refractivity contribution in [2.75, 3.05) is 6.54 Å². The number of carbonyl (C=O) groups excluding carboxylic acids is 2. The molecule has 0 spiro atoms. The summed E-state index contributed by atoms with van der Waals surface area (Å²) in [7, 11) is 0. The molecule has 15 heavy (non-hydrogen) atoms. The second-order valence-corrected chi connectivity index (χ2v) is 4.32. The highest BCUT2D eigenvalue weighted by Crippen LogP contribution is 2.03. The van der Waals surface area contributed by atoms with Crippen molar-refractivity contribution in [3.8, 4) is 0 Å². The van der Waals surface area contributed by atoms with Gasteiger partial charge in [0.05, 0.1) is 18.6 Å². The highest BCUT2D eigenvalue weighted by molar-refractivity contribution is 5.85. The molecule has 0 radical (unpaired) electrons. The van der Waals surface area contributed by atoms with E-state index < -0.39 is 12.0 Å². The molecule has 1 saturated heterocycles. The topological polar surface area (TPSA) is 85.8 Å². The van der Waals surface area contributed by atoms with Crippen LogP contribution in [0.2, 0.25) is 0 Å². The van der Waals surface area contributed by atoms with Crippen LogP contribution in [0.5, 0.6) is 0 Å². The average molecular weight is 214 g/mol. The molecule has 3 N–H and O–H groups in total. The van der Waals surface area contributed by atoms with Gasteiger partial charge in [0.25, 0.3) is 5.91 Å². The average Bonchev–Trinajstić information content (AvgIpc) is 2.65. The van der Waals surface area contributed by atoms with Crippen LogP contribution in [0.4, 0.5) is 0 Å². The number of carboxylic acids is 1. The van der Waals surface area contributed by atoms with Gasteiger partial charge in [0, 0.05) is 12.8 Å². The van der Waals surface area contributed by atoms with Gasteiger partial charge in [0.1, 0.15) is 0 Å². The number of hydrogen-bond donors (Lipinski definition) is 2. The maximum atomic E-state index is 11.6. The number of quaternary nitrogens is 1. The molecule has 0 unspecified atom stereocenters. The lowest BCUT2D eigenvalue weighted by Crippen LogP contribution is -2.89. The van der Waals surface area contributed by atoms with Crippen LogP contribution in [0, 0.1) is 5.92 Å². The van der Waals surface area contributed by atoms with Crippen molar-refractivity contribution in [2.24, 2.45) is 5.92 Å². The maximum Gasteiger partial charge on any atom is 0.278 e. The Bertz CT molecular complexity index is 247. The number of aliphatic carboxylic acids is 1. The van der Waals surface area contributed by atoms with Crippen LogP contribution in [0.1, 0.15) is 26.7 Å². The van der Waals surface area contributed by atoms with Gasteiger partial charge in [-0.1, -0.05) is 13.8 Å². The number of carbonyl (C=O) groups is 2. The first kappa shape index (κ1) is 12.0. The summed E-state index contributed by atoms with van der Waals surface area (Å²) in [5.74, 6) is -1.55. The third-order valence-corrected chi connectivity index (χ3v) is 2.73. The van der Waals surface area contributed by atoms with Crippen molar-refractivity contribution >= 4 is 11.9 Å². The highest BCUT2D eigenvalue weighted by atomic mass is 16.4. The molecule has 0 aromatic carbocycles. The van der Waals surface area contributed by atoms with Gasteiger partial charge in [-0.15, -0.1) is 0 Å². The zero-order valence-corrected chi connectivity index (χ0v) is 9.16. The molecule has 5 heteroatoms. The molecule has 1 amide bonds. The molecule has 0 aromatic rings. The van der Waals surface area contributed by atoms with Crippen LogP contribution in [0.3, 0.4) is 0 Å². The molecular formula is C10H18N2O3. The summed E-state index contributed by atoms with van der Waals surface area (Å²) >= 11 is 0. The number of carboxylic acid groups (broad SMARTS) is 1. The second-order valence-electron chi connectivity index (χ2n) is 4.32. The van der Waals surface area contributed by atoms with Crippen LogP contribution in [-0.2, 0) is 9.59 Å². The smallest absolute Gasteiger partial charge is 0.278 e. The Hall–Kier alpha value is -1.10. The van der Waals surface area contributed by atoms with Crippen LogP contribution < -0.4 is 15.7 Å². The molecule has 0 aromatic heterocycles. The molecule has 0 saturated carbocycles. The van der Waals surface area contributed by atoms with E-state index in [0.29, 0.717) is 0 Å². The fraction of sp³-hybridized carbons (Fsp3) is 0.800. The first-order chi connectivity index (χ1) is 7.02. The standard InChI is InChI=1S/C10H18N2O3/c1-6(2)8(10(14)15)12-9(13)7-4-3-5-11-7/h6-8,11H,3-5H2,1-2H3,(H,12,13)(H,14,15)/t7-,8-/m0/s1. The summed E-state index contributed by atoms with van der Waals surface area (Å²) in [6, 6.07) is -1.00. The van der Waals surface area contributed by atoms with E-state index in [4.69, 9.17) is 0 Å². The predicted octanol–water partition coefficient (Wildman–Crippen LogP) is -2.40. The Kier molecular flexibility index (Phi) is 4.08. The van der Waals surface area contributed by atoms with E-state index in [-0.39, 0.29) is 17.9 Å². The third kappa shape index (κ3) is 3.20. The van der Waals surface area contributed by atoms with Gasteiger partial charge in [-0.25, -0.2) is 0 Å². The van der Waals surface area contributed by atoms with E-state index in [1.807, 2.05) is 5.32 Å². The lowest BCUT2D eigenvalue weighted by molar-refractivity contribution is -0.657. The monoisotopic (exact) mass is 214 g/mol. The minimum absolute atomic E-state index is 0.120. The highest BCUT2D eigenvalue weighted by Gasteiger charge is 2.28. The summed E-state index contributed by atoms with van der Waals surface area (Å²) in [6.07, 6.45) is 1.83. The Morgan fingerprint density at radius 1 is 1.47 bits per heavy atom. The minimum Gasteiger partial charge on any atom is -0.548 e. The molecule has 5 nitrogen and oxygen atoms in total. The van der Waals surface area contributed by atoms with Crippen molar-refractivity contribution in [1.82, 2.24) is 5.32 Å². The van der Waals surface area contributed by atoms with Gasteiger partial charge in [0.2, 0.25) is 0 Å². The molecule has 86 valence electrons. The normalized spacial score (nSPS) is 22.7. The first-order valence-corrected chi connectivity index (χ1v) is 5.37. The SMILES string of the molecule is CC(C)[C@H](NC(=O)[C@@H]1CCC[NH2+]1)C(=O)[O-]. The predicted molar refractivity (Wildman–Crippen MR) is 51.6 cm³/mol. The van der Waals surface area contributed by atoms with Crippen LogP contribution >= 0.6 is 0 Å². The first-order valence-electron chi connectivity index (χ1n) is 5.37. The van der Waals surface area contributed by atoms with Crippen molar-refractivity contribution in [3.63, 3.8) is 0 Å². The second kappa shape index (κ2) is 5.11. The Morgan fingerprint density at radius 2 is 2.13 bits per heavy atom. The Morgan fingerprint density at radius 3 is 2.53 bits per heavy atom. The molecule has 0 aliphatic carbocycles. The van der Waals surface area contributed by atoms with Crippen molar-refractivity contribution in [3.05, 3.63) is 0 Å². The van der Waals surface area contributed by atoms with Crippen LogP contribution in [-0.4, -0.2) is 30.5 Å². The summed E-state index contributed by atoms with van der Waals surface area (Å²) in [5, 5.41) is 15.2. The van der Waals surface area contributed by atoms with Crippen LogP contribution in [0.15, 0.2) is 0 Å². The van der Waals surface area contributed by atoms with Gasteiger partial charge >= 0.3 is 0 Å². The molecule has 2 atom stereocenters. The van der Waals surface area contributed by atoms with E-state index in [1.54, 1.807) is 13.8 Å². The lowest BCUT2D eigenvalue weighted by Gasteiger charge is -2.23. The fourth-order valence-corrected chi connectivity index (χ4v) is 1.77. The van der Waals surface area contributed by atoms with Gasteiger partial charge < -0.3 is 20.5 Å². The van der Waals surface area contributed by atoms with Gasteiger partial charge in [-0.2, -0.15) is 0 Å². The zero-order chi connectivity index (χ0) is 11.4.